The number of carbonyl (C=O) groups excluding carboxylic acids is 1. The lowest BCUT2D eigenvalue weighted by atomic mass is 10.1. The number of hydrogen-bond donors (Lipinski definition) is 1. The topological polar surface area (TPSA) is 80.5 Å². The van der Waals surface area contributed by atoms with Gasteiger partial charge < -0.3 is 4.90 Å². The van der Waals surface area contributed by atoms with Crippen LogP contribution in [0.2, 0.25) is 5.02 Å². The molecule has 0 radical (unpaired) electrons. The summed E-state index contributed by atoms with van der Waals surface area (Å²) < 4.78 is 23.3. The summed E-state index contributed by atoms with van der Waals surface area (Å²) in [6, 6.07) is 4.30. The number of halogens is 1. The minimum atomic E-state index is -3.99. The lowest BCUT2D eigenvalue weighted by Gasteiger charge is -2.23. The second-order valence-corrected chi connectivity index (χ2v) is 7.29. The maximum absolute atomic E-state index is 12.7. The van der Waals surface area contributed by atoms with Gasteiger partial charge in [-0.05, 0) is 37.3 Å². The van der Waals surface area contributed by atoms with Gasteiger partial charge in [-0.25, -0.2) is 13.6 Å². The maximum atomic E-state index is 12.7. The van der Waals surface area contributed by atoms with E-state index in [1.807, 2.05) is 6.92 Å². The molecular formula is C14H19ClN2O3S. The molecular weight excluding hydrogens is 312 g/mol. The molecule has 1 fully saturated rings. The average molecular weight is 331 g/mol. The van der Waals surface area contributed by atoms with E-state index in [4.69, 9.17) is 16.7 Å². The molecule has 0 aromatic heterocycles. The van der Waals surface area contributed by atoms with Gasteiger partial charge in [0.2, 0.25) is 10.0 Å². The third kappa shape index (κ3) is 3.96. The molecule has 1 saturated carbocycles. The monoisotopic (exact) mass is 330 g/mol. The fourth-order valence-corrected chi connectivity index (χ4v) is 3.33. The molecule has 116 valence electrons. The van der Waals surface area contributed by atoms with Crippen LogP contribution >= 0.6 is 11.6 Å². The van der Waals surface area contributed by atoms with Gasteiger partial charge in [0.1, 0.15) is 0 Å². The lowest BCUT2D eigenvalue weighted by molar-refractivity contribution is 0.0744. The van der Waals surface area contributed by atoms with Crippen LogP contribution in [0.25, 0.3) is 0 Å². The fourth-order valence-electron chi connectivity index (χ4n) is 2.26. The highest BCUT2D eigenvalue weighted by Crippen LogP contribution is 2.31. The van der Waals surface area contributed by atoms with E-state index in [9.17, 15) is 13.2 Å². The quantitative estimate of drug-likeness (QED) is 0.868. The first kappa shape index (κ1) is 16.3. The van der Waals surface area contributed by atoms with Crippen LogP contribution in [0.15, 0.2) is 23.1 Å². The SMILES string of the molecule is CCCN(CC1CC1)C(=O)c1c(Cl)cccc1S(N)(=O)=O. The van der Waals surface area contributed by atoms with E-state index in [1.54, 1.807) is 4.90 Å². The molecule has 0 atom stereocenters. The van der Waals surface area contributed by atoms with Crippen molar-refractivity contribution < 1.29 is 13.2 Å². The van der Waals surface area contributed by atoms with Crippen molar-refractivity contribution in [2.75, 3.05) is 13.1 Å². The Morgan fingerprint density at radius 3 is 2.62 bits per heavy atom. The number of amides is 1. The molecule has 1 aliphatic rings. The number of primary sulfonamides is 1. The zero-order valence-electron chi connectivity index (χ0n) is 11.9. The van der Waals surface area contributed by atoms with E-state index in [-0.39, 0.29) is 21.4 Å². The number of nitrogens with two attached hydrogens (primary N) is 1. The molecule has 0 bridgehead atoms. The molecule has 7 heteroatoms. The van der Waals surface area contributed by atoms with Crippen molar-refractivity contribution in [3.63, 3.8) is 0 Å². The molecule has 1 amide bonds. The minimum Gasteiger partial charge on any atom is -0.338 e. The smallest absolute Gasteiger partial charge is 0.256 e. The molecule has 1 aliphatic carbocycles. The van der Waals surface area contributed by atoms with Gasteiger partial charge in [0.05, 0.1) is 15.5 Å². The summed E-state index contributed by atoms with van der Waals surface area (Å²) in [5.74, 6) is 0.152. The zero-order chi connectivity index (χ0) is 15.6. The summed E-state index contributed by atoms with van der Waals surface area (Å²) >= 11 is 6.06. The van der Waals surface area contributed by atoms with Gasteiger partial charge in [-0.2, -0.15) is 0 Å². The Morgan fingerprint density at radius 2 is 2.10 bits per heavy atom. The first-order chi connectivity index (χ1) is 9.84. The van der Waals surface area contributed by atoms with Crippen LogP contribution in [-0.2, 0) is 10.0 Å². The van der Waals surface area contributed by atoms with Crippen LogP contribution in [-0.4, -0.2) is 32.3 Å². The van der Waals surface area contributed by atoms with Crippen LogP contribution in [0.3, 0.4) is 0 Å². The van der Waals surface area contributed by atoms with Gasteiger partial charge in [0, 0.05) is 13.1 Å². The third-order valence-corrected chi connectivity index (χ3v) is 4.72. The Labute approximate surface area is 130 Å². The number of nitrogens with zero attached hydrogens (tertiary/aromatic N) is 1. The summed E-state index contributed by atoms with van der Waals surface area (Å²) in [4.78, 5) is 14.2. The van der Waals surface area contributed by atoms with E-state index in [0.29, 0.717) is 19.0 Å². The van der Waals surface area contributed by atoms with E-state index in [0.717, 1.165) is 19.3 Å². The summed E-state index contributed by atoms with van der Waals surface area (Å²) in [5.41, 5.74) is -0.0178. The van der Waals surface area contributed by atoms with E-state index in [1.165, 1.54) is 18.2 Å². The molecule has 0 aliphatic heterocycles. The number of benzene rings is 1. The van der Waals surface area contributed by atoms with Gasteiger partial charge in [-0.1, -0.05) is 24.6 Å². The molecule has 2 N–H and O–H groups in total. The van der Waals surface area contributed by atoms with Gasteiger partial charge in [-0.15, -0.1) is 0 Å². The van der Waals surface area contributed by atoms with Crippen LogP contribution < -0.4 is 5.14 Å². The molecule has 5 nitrogen and oxygen atoms in total. The number of rotatable bonds is 6. The van der Waals surface area contributed by atoms with Crippen molar-refractivity contribution in [1.82, 2.24) is 4.90 Å². The van der Waals surface area contributed by atoms with E-state index >= 15 is 0 Å². The minimum absolute atomic E-state index is 0.0178. The average Bonchev–Trinajstić information content (AvgIpc) is 3.20. The fraction of sp³-hybridized carbons (Fsp3) is 0.500. The van der Waals surface area contributed by atoms with Crippen molar-refractivity contribution in [3.8, 4) is 0 Å². The van der Waals surface area contributed by atoms with Gasteiger partial charge in [0.15, 0.2) is 0 Å². The first-order valence-corrected chi connectivity index (χ1v) is 8.87. The summed E-state index contributed by atoms with van der Waals surface area (Å²) in [5, 5.41) is 5.31. The molecule has 1 aromatic carbocycles. The predicted octanol–water partition coefficient (Wildman–Crippen LogP) is 2.25. The Hall–Kier alpha value is -1.11. The number of hydrogen-bond acceptors (Lipinski definition) is 3. The van der Waals surface area contributed by atoms with E-state index < -0.39 is 10.0 Å². The van der Waals surface area contributed by atoms with Gasteiger partial charge >= 0.3 is 0 Å². The normalized spacial score (nSPS) is 15.0. The van der Waals surface area contributed by atoms with Crippen molar-refractivity contribution in [1.29, 1.82) is 0 Å². The Bertz CT molecular complexity index is 642. The second kappa shape index (κ2) is 6.34. The van der Waals surface area contributed by atoms with Crippen LogP contribution in [0.1, 0.15) is 36.5 Å². The third-order valence-electron chi connectivity index (χ3n) is 3.45. The van der Waals surface area contributed by atoms with Crippen LogP contribution in [0, 0.1) is 5.92 Å². The van der Waals surface area contributed by atoms with Gasteiger partial charge in [0.25, 0.3) is 5.91 Å². The van der Waals surface area contributed by atoms with Crippen molar-refractivity contribution >= 4 is 27.5 Å². The highest BCUT2D eigenvalue weighted by Gasteiger charge is 2.30. The molecule has 2 rings (SSSR count). The lowest BCUT2D eigenvalue weighted by Crippen LogP contribution is -2.35. The first-order valence-electron chi connectivity index (χ1n) is 6.95. The number of carbonyl (C=O) groups is 1. The summed E-state index contributed by atoms with van der Waals surface area (Å²) in [6.45, 7) is 3.19. The van der Waals surface area contributed by atoms with Crippen molar-refractivity contribution in [2.45, 2.75) is 31.1 Å². The summed E-state index contributed by atoms with van der Waals surface area (Å²) in [6.07, 6.45) is 3.02. The molecule has 0 saturated heterocycles. The molecule has 1 aromatic rings. The second-order valence-electron chi connectivity index (χ2n) is 5.35. The van der Waals surface area contributed by atoms with Crippen LogP contribution in [0.5, 0.6) is 0 Å². The Balaban J connectivity index is 2.40. The highest BCUT2D eigenvalue weighted by atomic mass is 35.5. The maximum Gasteiger partial charge on any atom is 0.256 e. The predicted molar refractivity (Wildman–Crippen MR) is 81.7 cm³/mol. The molecule has 0 heterocycles. The van der Waals surface area contributed by atoms with Crippen molar-refractivity contribution in [3.05, 3.63) is 28.8 Å². The highest BCUT2D eigenvalue weighted by molar-refractivity contribution is 7.89. The standard InChI is InChI=1S/C14H19ClN2O3S/c1-2-8-17(9-10-6-7-10)14(18)13-11(15)4-3-5-12(13)21(16,19)20/h3-5,10H,2,6-9H2,1H3,(H2,16,19,20). The Kier molecular flexibility index (Phi) is 4.91. The Morgan fingerprint density at radius 1 is 1.43 bits per heavy atom. The molecule has 0 spiro atoms. The van der Waals surface area contributed by atoms with Gasteiger partial charge in [-0.3, -0.25) is 4.79 Å². The van der Waals surface area contributed by atoms with Crippen molar-refractivity contribution in [2.24, 2.45) is 11.1 Å². The molecule has 0 unspecified atom stereocenters. The zero-order valence-corrected chi connectivity index (χ0v) is 13.5. The van der Waals surface area contributed by atoms with Crippen LogP contribution in [0.4, 0.5) is 0 Å². The molecule has 21 heavy (non-hydrogen) atoms. The largest absolute Gasteiger partial charge is 0.338 e. The summed E-state index contributed by atoms with van der Waals surface area (Å²) in [7, 11) is -3.99. The number of sulfonamides is 1. The van der Waals surface area contributed by atoms with E-state index in [2.05, 4.69) is 0 Å².